The molecule has 1 heterocycles. The van der Waals surface area contributed by atoms with Gasteiger partial charge in [0.15, 0.2) is 0 Å². The van der Waals surface area contributed by atoms with Crippen molar-refractivity contribution in [1.29, 1.82) is 5.26 Å². The van der Waals surface area contributed by atoms with Crippen LogP contribution in [-0.4, -0.2) is 18.5 Å². The van der Waals surface area contributed by atoms with Crippen LogP contribution < -0.4 is 5.32 Å². The lowest BCUT2D eigenvalue weighted by atomic mass is 9.70. The molecule has 1 atom stereocenters. The predicted octanol–water partition coefficient (Wildman–Crippen LogP) is 5.00. The molecule has 1 aliphatic carbocycles. The summed E-state index contributed by atoms with van der Waals surface area (Å²) in [5.74, 6) is -0.495. The van der Waals surface area contributed by atoms with Crippen LogP contribution in [0.3, 0.4) is 0 Å². The summed E-state index contributed by atoms with van der Waals surface area (Å²) in [4.78, 5) is 26.0. The highest BCUT2D eigenvalue weighted by Gasteiger charge is 2.40. The number of ether oxygens (including phenoxy) is 1. The SMILES string of the molecule is CCCCC(=O)Nc1sc2c(c1C(=O)OCC)CC[C@](C#N)(c1ccccc1)C2. The van der Waals surface area contributed by atoms with Crippen molar-refractivity contribution in [2.24, 2.45) is 0 Å². The van der Waals surface area contributed by atoms with E-state index >= 15 is 0 Å². The zero-order valence-electron chi connectivity index (χ0n) is 16.9. The van der Waals surface area contributed by atoms with E-state index in [0.717, 1.165) is 28.8 Å². The second-order valence-corrected chi connectivity index (χ2v) is 8.42. The lowest BCUT2D eigenvalue weighted by Gasteiger charge is -2.31. The molecule has 3 rings (SSSR count). The number of carbonyl (C=O) groups excluding carboxylic acids is 2. The zero-order chi connectivity index (χ0) is 20.9. The molecule has 6 heteroatoms. The molecule has 1 aromatic carbocycles. The van der Waals surface area contributed by atoms with Gasteiger partial charge in [-0.25, -0.2) is 4.79 Å². The van der Waals surface area contributed by atoms with Gasteiger partial charge in [-0.05, 0) is 37.3 Å². The van der Waals surface area contributed by atoms with Crippen molar-refractivity contribution in [3.05, 3.63) is 51.9 Å². The van der Waals surface area contributed by atoms with Gasteiger partial charge in [-0.3, -0.25) is 4.79 Å². The third-order valence-electron chi connectivity index (χ3n) is 5.39. The average molecular weight is 411 g/mol. The molecule has 1 aliphatic rings. The maximum Gasteiger partial charge on any atom is 0.341 e. The fourth-order valence-corrected chi connectivity index (χ4v) is 5.18. The topological polar surface area (TPSA) is 79.2 Å². The van der Waals surface area contributed by atoms with Crippen LogP contribution in [0.25, 0.3) is 0 Å². The Balaban J connectivity index is 1.98. The number of hydrogen-bond acceptors (Lipinski definition) is 5. The Morgan fingerprint density at radius 1 is 1.28 bits per heavy atom. The summed E-state index contributed by atoms with van der Waals surface area (Å²) in [5, 5.41) is 13.5. The number of carbonyl (C=O) groups is 2. The number of hydrogen-bond donors (Lipinski definition) is 1. The summed E-state index contributed by atoms with van der Waals surface area (Å²) < 4.78 is 5.27. The Morgan fingerprint density at radius 2 is 2.03 bits per heavy atom. The van der Waals surface area contributed by atoms with Gasteiger partial charge in [-0.15, -0.1) is 11.3 Å². The van der Waals surface area contributed by atoms with Crippen molar-refractivity contribution in [3.8, 4) is 6.07 Å². The van der Waals surface area contributed by atoms with Gasteiger partial charge >= 0.3 is 5.97 Å². The number of benzene rings is 1. The molecule has 0 unspecified atom stereocenters. The van der Waals surface area contributed by atoms with E-state index in [1.807, 2.05) is 37.3 Å². The molecule has 0 spiro atoms. The zero-order valence-corrected chi connectivity index (χ0v) is 17.7. The first kappa shape index (κ1) is 21.1. The fraction of sp³-hybridized carbons (Fsp3) is 0.435. The van der Waals surface area contributed by atoms with Crippen LogP contribution in [0.4, 0.5) is 5.00 Å². The molecule has 0 saturated carbocycles. The number of rotatable bonds is 7. The van der Waals surface area contributed by atoms with Gasteiger partial charge in [0.25, 0.3) is 0 Å². The highest BCUT2D eigenvalue weighted by Crippen LogP contribution is 2.45. The van der Waals surface area contributed by atoms with E-state index in [0.29, 0.717) is 36.2 Å². The quantitative estimate of drug-likeness (QED) is 0.651. The molecule has 0 saturated heterocycles. The van der Waals surface area contributed by atoms with Crippen molar-refractivity contribution >= 4 is 28.2 Å². The molecular weight excluding hydrogens is 384 g/mol. The van der Waals surface area contributed by atoms with E-state index in [9.17, 15) is 14.9 Å². The van der Waals surface area contributed by atoms with Gasteiger partial charge in [0.05, 0.1) is 23.7 Å². The van der Waals surface area contributed by atoms with Gasteiger partial charge in [0.1, 0.15) is 5.00 Å². The summed E-state index contributed by atoms with van der Waals surface area (Å²) in [6.45, 7) is 4.08. The Kier molecular flexibility index (Phi) is 6.71. The highest BCUT2D eigenvalue weighted by atomic mass is 32.1. The first-order chi connectivity index (χ1) is 14.0. The van der Waals surface area contributed by atoms with Crippen LogP contribution in [0.15, 0.2) is 30.3 Å². The van der Waals surface area contributed by atoms with Gasteiger partial charge in [0, 0.05) is 17.7 Å². The summed E-state index contributed by atoms with van der Waals surface area (Å²) >= 11 is 1.41. The van der Waals surface area contributed by atoms with Gasteiger partial charge in [-0.2, -0.15) is 5.26 Å². The first-order valence-electron chi connectivity index (χ1n) is 10.1. The summed E-state index contributed by atoms with van der Waals surface area (Å²) in [5.41, 5.74) is 1.76. The number of unbranched alkanes of at least 4 members (excludes halogenated alkanes) is 1. The molecular formula is C23H26N2O3S. The third-order valence-corrected chi connectivity index (χ3v) is 6.53. The third kappa shape index (κ3) is 4.35. The number of esters is 1. The number of amides is 1. The standard InChI is InChI=1S/C23H26N2O3S/c1-3-5-11-19(26)25-21-20(22(27)28-4-2)17-12-13-23(15-24,14-18(17)29-21)16-9-7-6-8-10-16/h6-10H,3-5,11-14H2,1-2H3,(H,25,26)/t23-/m0/s1. The summed E-state index contributed by atoms with van der Waals surface area (Å²) in [7, 11) is 0. The van der Waals surface area contributed by atoms with Crippen molar-refractivity contribution in [1.82, 2.24) is 0 Å². The van der Waals surface area contributed by atoms with E-state index in [-0.39, 0.29) is 12.5 Å². The number of nitrogens with zero attached hydrogens (tertiary/aromatic N) is 1. The number of nitriles is 1. The van der Waals surface area contributed by atoms with Gasteiger partial charge < -0.3 is 10.1 Å². The molecule has 0 radical (unpaired) electrons. The number of thiophene rings is 1. The molecule has 5 nitrogen and oxygen atoms in total. The van der Waals surface area contributed by atoms with Crippen LogP contribution in [-0.2, 0) is 27.8 Å². The fourth-order valence-electron chi connectivity index (χ4n) is 3.82. The smallest absolute Gasteiger partial charge is 0.341 e. The lowest BCUT2D eigenvalue weighted by Crippen LogP contribution is -2.31. The minimum atomic E-state index is -0.617. The van der Waals surface area contributed by atoms with Crippen LogP contribution >= 0.6 is 11.3 Å². The molecule has 1 aromatic heterocycles. The van der Waals surface area contributed by atoms with Gasteiger partial charge in [-0.1, -0.05) is 43.7 Å². The number of fused-ring (bicyclic) bond motifs is 1. The molecule has 2 aromatic rings. The van der Waals surface area contributed by atoms with E-state index < -0.39 is 11.4 Å². The monoisotopic (exact) mass is 410 g/mol. The van der Waals surface area contributed by atoms with Gasteiger partial charge in [0.2, 0.25) is 5.91 Å². The van der Waals surface area contributed by atoms with Crippen LogP contribution in [0, 0.1) is 11.3 Å². The lowest BCUT2D eigenvalue weighted by molar-refractivity contribution is -0.116. The van der Waals surface area contributed by atoms with Crippen molar-refractivity contribution in [2.75, 3.05) is 11.9 Å². The predicted molar refractivity (Wildman–Crippen MR) is 114 cm³/mol. The Labute approximate surface area is 175 Å². The number of nitrogens with one attached hydrogen (secondary N) is 1. The van der Waals surface area contributed by atoms with Crippen molar-refractivity contribution in [3.63, 3.8) is 0 Å². The molecule has 0 aliphatic heterocycles. The maximum atomic E-state index is 12.7. The molecule has 1 amide bonds. The van der Waals surface area contributed by atoms with E-state index in [1.165, 1.54) is 11.3 Å². The summed E-state index contributed by atoms with van der Waals surface area (Å²) in [6.07, 6.45) is 3.93. The van der Waals surface area contributed by atoms with Crippen molar-refractivity contribution in [2.45, 2.75) is 57.8 Å². The Bertz CT molecular complexity index is 930. The average Bonchev–Trinajstić information content (AvgIpc) is 3.09. The second kappa shape index (κ2) is 9.23. The van der Waals surface area contributed by atoms with Crippen LogP contribution in [0.5, 0.6) is 0 Å². The largest absolute Gasteiger partial charge is 0.462 e. The number of anilines is 1. The second-order valence-electron chi connectivity index (χ2n) is 7.32. The molecule has 29 heavy (non-hydrogen) atoms. The van der Waals surface area contributed by atoms with E-state index in [2.05, 4.69) is 11.4 Å². The van der Waals surface area contributed by atoms with Crippen molar-refractivity contribution < 1.29 is 14.3 Å². The maximum absolute atomic E-state index is 12.7. The highest BCUT2D eigenvalue weighted by molar-refractivity contribution is 7.17. The normalized spacial score (nSPS) is 17.8. The summed E-state index contributed by atoms with van der Waals surface area (Å²) in [6, 6.07) is 12.3. The van der Waals surface area contributed by atoms with E-state index in [1.54, 1.807) is 6.92 Å². The molecule has 1 N–H and O–H groups in total. The molecule has 0 fully saturated rings. The Hall–Kier alpha value is -2.65. The van der Waals surface area contributed by atoms with Crippen LogP contribution in [0.1, 0.15) is 65.9 Å². The molecule has 0 bridgehead atoms. The molecule has 152 valence electrons. The first-order valence-corrected chi connectivity index (χ1v) is 10.9. The van der Waals surface area contributed by atoms with E-state index in [4.69, 9.17) is 4.74 Å². The minimum Gasteiger partial charge on any atom is -0.462 e. The van der Waals surface area contributed by atoms with Crippen LogP contribution in [0.2, 0.25) is 0 Å². The minimum absolute atomic E-state index is 0.0920. The Morgan fingerprint density at radius 3 is 2.69 bits per heavy atom.